The minimum absolute atomic E-state index is 0.0990. The SMILES string of the molecule is CC(C)=CCC/C(C)=C/[C@@H]1CC(C)=C[C@]2(O1)O[C@@H]1C=C(C)C(=O)C[C@@H]1[C@]1(CO)O[C@H]21. The number of allylic oxidation sites excluding steroid dienone is 4. The zero-order valence-corrected chi connectivity index (χ0v) is 18.7. The van der Waals surface area contributed by atoms with E-state index < -0.39 is 17.5 Å². The number of carbonyl (C=O) groups excluding carboxylic acids is 1. The van der Waals surface area contributed by atoms with Crippen molar-refractivity contribution in [2.45, 2.75) is 90.0 Å². The standard InChI is InChI=1S/C25H34O5/c1-15(2)7-6-8-16(3)9-19-10-17(4)13-25(28-19)23-24(14-26,30-23)20-12-21(27)18(5)11-22(20)29-25/h7,9,11,13,19-20,22-23,26H,6,8,10,12,14H2,1-5H3/b16-9+/t19-,20+,22-,23+,24+,25+/m1/s1. The van der Waals surface area contributed by atoms with Crippen LogP contribution in [0.2, 0.25) is 0 Å². The van der Waals surface area contributed by atoms with Gasteiger partial charge in [-0.3, -0.25) is 4.79 Å². The summed E-state index contributed by atoms with van der Waals surface area (Å²) in [7, 11) is 0. The highest BCUT2D eigenvalue weighted by atomic mass is 16.8. The number of fused-ring (bicyclic) bond motifs is 4. The number of epoxide rings is 1. The summed E-state index contributed by atoms with van der Waals surface area (Å²) in [4.78, 5) is 12.3. The minimum Gasteiger partial charge on any atom is -0.393 e. The summed E-state index contributed by atoms with van der Waals surface area (Å²) in [6, 6.07) is 0. The van der Waals surface area contributed by atoms with Gasteiger partial charge in [0.2, 0.25) is 5.79 Å². The van der Waals surface area contributed by atoms with Gasteiger partial charge in [0.05, 0.1) is 18.8 Å². The second kappa shape index (κ2) is 7.86. The molecule has 1 aliphatic carbocycles. The summed E-state index contributed by atoms with van der Waals surface area (Å²) in [5, 5.41) is 10.2. The highest BCUT2D eigenvalue weighted by Gasteiger charge is 2.76. The third-order valence-corrected chi connectivity index (χ3v) is 6.81. The number of aliphatic hydroxyl groups is 1. The largest absolute Gasteiger partial charge is 0.393 e. The molecule has 5 nitrogen and oxygen atoms in total. The molecule has 0 radical (unpaired) electrons. The van der Waals surface area contributed by atoms with Crippen molar-refractivity contribution in [2.75, 3.05) is 6.61 Å². The average Bonchev–Trinajstić information content (AvgIpc) is 3.41. The molecule has 4 aliphatic rings. The van der Waals surface area contributed by atoms with Crippen molar-refractivity contribution in [3.8, 4) is 0 Å². The summed E-state index contributed by atoms with van der Waals surface area (Å²) < 4.78 is 19.1. The third-order valence-electron chi connectivity index (χ3n) is 6.81. The number of Topliss-reactive ketones (excluding diaryl/α,β-unsaturated/α-hetero) is 1. The molecule has 6 atom stereocenters. The van der Waals surface area contributed by atoms with Crippen LogP contribution in [0.5, 0.6) is 0 Å². The molecule has 30 heavy (non-hydrogen) atoms. The maximum Gasteiger partial charge on any atom is 0.219 e. The first-order valence-electron chi connectivity index (χ1n) is 11.0. The topological polar surface area (TPSA) is 68.3 Å². The van der Waals surface area contributed by atoms with Gasteiger partial charge in [-0.25, -0.2) is 0 Å². The highest BCUT2D eigenvalue weighted by molar-refractivity contribution is 5.96. The van der Waals surface area contributed by atoms with Gasteiger partial charge in [-0.2, -0.15) is 0 Å². The van der Waals surface area contributed by atoms with E-state index in [1.807, 2.05) is 19.1 Å². The molecule has 0 aromatic heterocycles. The lowest BCUT2D eigenvalue weighted by Gasteiger charge is -2.46. The third kappa shape index (κ3) is 3.77. The zero-order chi connectivity index (χ0) is 21.7. The van der Waals surface area contributed by atoms with Crippen molar-refractivity contribution in [1.82, 2.24) is 0 Å². The van der Waals surface area contributed by atoms with E-state index in [0.717, 1.165) is 19.3 Å². The Balaban J connectivity index is 1.58. The molecule has 4 rings (SSSR count). The van der Waals surface area contributed by atoms with Crippen molar-refractivity contribution in [3.63, 3.8) is 0 Å². The Kier molecular flexibility index (Phi) is 5.69. The number of aliphatic hydroxyl groups excluding tert-OH is 1. The molecule has 2 saturated heterocycles. The Labute approximate surface area is 179 Å². The zero-order valence-electron chi connectivity index (χ0n) is 18.7. The van der Waals surface area contributed by atoms with Crippen LogP contribution in [0.1, 0.15) is 60.3 Å². The second-order valence-corrected chi connectivity index (χ2v) is 9.68. The van der Waals surface area contributed by atoms with Crippen molar-refractivity contribution >= 4 is 5.78 Å². The Morgan fingerprint density at radius 2 is 1.97 bits per heavy atom. The molecule has 0 aromatic carbocycles. The van der Waals surface area contributed by atoms with Crippen LogP contribution >= 0.6 is 0 Å². The predicted octanol–water partition coefficient (Wildman–Crippen LogP) is 4.17. The first-order valence-corrected chi connectivity index (χ1v) is 11.0. The summed E-state index contributed by atoms with van der Waals surface area (Å²) in [6.07, 6.45) is 10.7. The molecule has 0 unspecified atom stereocenters. The average molecular weight is 415 g/mol. The fourth-order valence-corrected chi connectivity index (χ4v) is 5.21. The quantitative estimate of drug-likeness (QED) is 0.540. The van der Waals surface area contributed by atoms with E-state index in [1.54, 1.807) is 0 Å². The maximum atomic E-state index is 12.3. The van der Waals surface area contributed by atoms with Gasteiger partial charge in [-0.15, -0.1) is 0 Å². The van der Waals surface area contributed by atoms with E-state index >= 15 is 0 Å². The lowest BCUT2D eigenvalue weighted by Crippen LogP contribution is -2.59. The monoisotopic (exact) mass is 414 g/mol. The fraction of sp³-hybridized carbons (Fsp3) is 0.640. The summed E-state index contributed by atoms with van der Waals surface area (Å²) >= 11 is 0. The predicted molar refractivity (Wildman–Crippen MR) is 115 cm³/mol. The van der Waals surface area contributed by atoms with Gasteiger partial charge >= 0.3 is 0 Å². The number of hydrogen-bond acceptors (Lipinski definition) is 5. The van der Waals surface area contributed by atoms with E-state index in [-0.39, 0.29) is 30.5 Å². The molecule has 2 fully saturated rings. The van der Waals surface area contributed by atoms with Crippen LogP contribution in [0.4, 0.5) is 0 Å². The van der Waals surface area contributed by atoms with E-state index in [4.69, 9.17) is 14.2 Å². The first-order chi connectivity index (χ1) is 14.2. The Morgan fingerprint density at radius 3 is 2.67 bits per heavy atom. The van der Waals surface area contributed by atoms with Gasteiger partial charge < -0.3 is 19.3 Å². The van der Waals surface area contributed by atoms with E-state index in [0.29, 0.717) is 12.0 Å². The summed E-state index contributed by atoms with van der Waals surface area (Å²) in [6.45, 7) is 10.2. The minimum atomic E-state index is -1.02. The lowest BCUT2D eigenvalue weighted by atomic mass is 9.73. The molecule has 3 aliphatic heterocycles. The Bertz CT molecular complexity index is 846. The maximum absolute atomic E-state index is 12.3. The number of hydrogen-bond donors (Lipinski definition) is 1. The van der Waals surface area contributed by atoms with Crippen LogP contribution in [-0.2, 0) is 19.0 Å². The van der Waals surface area contributed by atoms with Crippen LogP contribution < -0.4 is 0 Å². The van der Waals surface area contributed by atoms with Crippen molar-refractivity contribution in [1.29, 1.82) is 0 Å². The molecule has 164 valence electrons. The molecule has 0 saturated carbocycles. The first kappa shape index (κ1) is 21.7. The normalized spacial score (nSPS) is 40.3. The molecule has 1 spiro atoms. The number of rotatable bonds is 5. The van der Waals surface area contributed by atoms with Gasteiger partial charge in [0.1, 0.15) is 11.7 Å². The number of carbonyl (C=O) groups is 1. The molecule has 0 bridgehead atoms. The molecule has 3 heterocycles. The molecular formula is C25H34O5. The van der Waals surface area contributed by atoms with Crippen LogP contribution in [0.25, 0.3) is 0 Å². The van der Waals surface area contributed by atoms with E-state index in [1.165, 1.54) is 16.7 Å². The van der Waals surface area contributed by atoms with Crippen molar-refractivity contribution < 1.29 is 24.1 Å². The Morgan fingerprint density at radius 1 is 1.20 bits per heavy atom. The number of ether oxygens (including phenoxy) is 3. The molecule has 5 heteroatoms. The molecular weight excluding hydrogens is 380 g/mol. The van der Waals surface area contributed by atoms with E-state index in [2.05, 4.69) is 39.8 Å². The molecule has 0 amide bonds. The molecule has 0 aromatic rings. The second-order valence-electron chi connectivity index (χ2n) is 9.68. The van der Waals surface area contributed by atoms with Crippen LogP contribution in [0, 0.1) is 5.92 Å². The van der Waals surface area contributed by atoms with Gasteiger partial charge in [-0.05, 0) is 71.6 Å². The van der Waals surface area contributed by atoms with Gasteiger partial charge in [-0.1, -0.05) is 28.9 Å². The van der Waals surface area contributed by atoms with Gasteiger partial charge in [0.15, 0.2) is 5.78 Å². The van der Waals surface area contributed by atoms with Crippen molar-refractivity contribution in [3.05, 3.63) is 46.6 Å². The van der Waals surface area contributed by atoms with Gasteiger partial charge in [0, 0.05) is 12.3 Å². The highest BCUT2D eigenvalue weighted by Crippen LogP contribution is 2.60. The lowest BCUT2D eigenvalue weighted by molar-refractivity contribution is -0.269. The van der Waals surface area contributed by atoms with Crippen molar-refractivity contribution in [2.24, 2.45) is 5.92 Å². The van der Waals surface area contributed by atoms with Gasteiger partial charge in [0.25, 0.3) is 0 Å². The summed E-state index contributed by atoms with van der Waals surface area (Å²) in [5.41, 5.74) is 3.76. The van der Waals surface area contributed by atoms with Crippen LogP contribution in [0.15, 0.2) is 46.6 Å². The fourth-order valence-electron chi connectivity index (χ4n) is 5.21. The van der Waals surface area contributed by atoms with E-state index in [9.17, 15) is 9.90 Å². The summed E-state index contributed by atoms with van der Waals surface area (Å²) in [5.74, 6) is -1.10. The van der Waals surface area contributed by atoms with Crippen LogP contribution in [0.3, 0.4) is 0 Å². The number of ketones is 1. The molecule has 1 N–H and O–H groups in total. The van der Waals surface area contributed by atoms with Crippen LogP contribution in [-0.4, -0.2) is 47.2 Å². The smallest absolute Gasteiger partial charge is 0.219 e. The Hall–Kier alpha value is -1.53.